The van der Waals surface area contributed by atoms with Gasteiger partial charge in [-0.3, -0.25) is 4.79 Å². The molecule has 1 rings (SSSR count). The van der Waals surface area contributed by atoms with E-state index in [1.165, 1.54) is 0 Å². The Morgan fingerprint density at radius 3 is 2.73 bits per heavy atom. The summed E-state index contributed by atoms with van der Waals surface area (Å²) in [5.41, 5.74) is 9.43. The maximum Gasteiger partial charge on any atom is 0.221 e. The second-order valence-corrected chi connectivity index (χ2v) is 5.42. The lowest BCUT2D eigenvalue weighted by Crippen LogP contribution is -2.11. The summed E-state index contributed by atoms with van der Waals surface area (Å²) in [6.07, 6.45) is 8.53. The Hall–Kier alpha value is -2.00. The van der Waals surface area contributed by atoms with Crippen LogP contribution in [-0.4, -0.2) is 13.0 Å². The zero-order valence-electron chi connectivity index (χ0n) is 13.3. The Morgan fingerprint density at radius 2 is 2.14 bits per heavy atom. The molecule has 3 nitrogen and oxygen atoms in total. The number of rotatable bonds is 7. The van der Waals surface area contributed by atoms with Crippen LogP contribution in [-0.2, 0) is 4.79 Å². The summed E-state index contributed by atoms with van der Waals surface area (Å²) in [7, 11) is 1.86. The Balaban J connectivity index is 3.10. The standard InChI is InChI=1S/C18H23ClN2O/c1-4-15(19)8-6-5-7-14(12-18(20)22)16-11-13(2)9-10-17(16)21-3/h4,6-11,21H,5,12H2,1-3H3,(H2,20,22)/b8-6-,14-7-,15-4+. The van der Waals surface area contributed by atoms with Crippen molar-refractivity contribution in [3.8, 4) is 0 Å². The summed E-state index contributed by atoms with van der Waals surface area (Å²) in [6, 6.07) is 6.10. The number of primary amides is 1. The van der Waals surface area contributed by atoms with Gasteiger partial charge in [0.2, 0.25) is 5.91 Å². The molecule has 1 aromatic rings. The number of carbonyl (C=O) groups excluding carboxylic acids is 1. The van der Waals surface area contributed by atoms with Crippen LogP contribution < -0.4 is 11.1 Å². The number of amides is 1. The van der Waals surface area contributed by atoms with Crippen molar-refractivity contribution in [1.29, 1.82) is 0 Å². The fourth-order valence-corrected chi connectivity index (χ4v) is 2.18. The van der Waals surface area contributed by atoms with E-state index in [0.717, 1.165) is 22.4 Å². The molecule has 0 radical (unpaired) electrons. The van der Waals surface area contributed by atoms with Gasteiger partial charge in [0, 0.05) is 23.3 Å². The predicted octanol–water partition coefficient (Wildman–Crippen LogP) is 4.38. The van der Waals surface area contributed by atoms with Crippen LogP contribution in [0, 0.1) is 6.92 Å². The lowest BCUT2D eigenvalue weighted by Gasteiger charge is -2.13. The number of allylic oxidation sites excluding steroid dienone is 5. The molecular weight excluding hydrogens is 296 g/mol. The number of carbonyl (C=O) groups is 1. The van der Waals surface area contributed by atoms with Crippen molar-refractivity contribution < 1.29 is 4.79 Å². The van der Waals surface area contributed by atoms with Crippen LogP contribution in [0.15, 0.2) is 47.5 Å². The number of hydrogen-bond acceptors (Lipinski definition) is 2. The molecule has 0 unspecified atom stereocenters. The minimum Gasteiger partial charge on any atom is -0.388 e. The second kappa shape index (κ2) is 9.11. The maximum absolute atomic E-state index is 11.4. The number of nitrogens with two attached hydrogens (primary N) is 1. The zero-order valence-corrected chi connectivity index (χ0v) is 14.1. The van der Waals surface area contributed by atoms with Crippen LogP contribution in [0.3, 0.4) is 0 Å². The highest BCUT2D eigenvalue weighted by atomic mass is 35.5. The van der Waals surface area contributed by atoms with Crippen molar-refractivity contribution in [3.63, 3.8) is 0 Å². The average Bonchev–Trinajstić information content (AvgIpc) is 2.49. The fourth-order valence-electron chi connectivity index (χ4n) is 2.09. The number of halogens is 1. The van der Waals surface area contributed by atoms with Crippen LogP contribution in [0.25, 0.3) is 5.57 Å². The largest absolute Gasteiger partial charge is 0.388 e. The maximum atomic E-state index is 11.4. The number of nitrogens with one attached hydrogen (secondary N) is 1. The third-order valence-corrected chi connectivity index (χ3v) is 3.55. The quantitative estimate of drug-likeness (QED) is 0.733. The highest BCUT2D eigenvalue weighted by molar-refractivity contribution is 6.31. The average molecular weight is 319 g/mol. The molecule has 0 aliphatic heterocycles. The number of aryl methyl sites for hydroxylation is 1. The lowest BCUT2D eigenvalue weighted by atomic mass is 9.97. The Labute approximate surface area is 137 Å². The molecule has 22 heavy (non-hydrogen) atoms. The third-order valence-electron chi connectivity index (χ3n) is 3.21. The van der Waals surface area contributed by atoms with Crippen LogP contribution in [0.1, 0.15) is 30.9 Å². The van der Waals surface area contributed by atoms with Gasteiger partial charge < -0.3 is 11.1 Å². The molecule has 1 amide bonds. The molecule has 0 aromatic heterocycles. The van der Waals surface area contributed by atoms with E-state index in [1.54, 1.807) is 0 Å². The van der Waals surface area contributed by atoms with Crippen molar-refractivity contribution in [2.45, 2.75) is 26.7 Å². The van der Waals surface area contributed by atoms with Gasteiger partial charge in [0.25, 0.3) is 0 Å². The molecule has 0 bridgehead atoms. The van der Waals surface area contributed by atoms with Crippen LogP contribution >= 0.6 is 11.6 Å². The van der Waals surface area contributed by atoms with Gasteiger partial charge in [-0.25, -0.2) is 0 Å². The first-order chi connectivity index (χ1) is 10.5. The summed E-state index contributed by atoms with van der Waals surface area (Å²) in [6.45, 7) is 3.91. The molecule has 4 heteroatoms. The molecule has 0 aliphatic carbocycles. The molecule has 0 heterocycles. The first kappa shape index (κ1) is 18.1. The highest BCUT2D eigenvalue weighted by Gasteiger charge is 2.09. The molecular formula is C18H23ClN2O. The normalized spacial score (nSPS) is 12.7. The van der Waals surface area contributed by atoms with Crippen LogP contribution in [0.5, 0.6) is 0 Å². The second-order valence-electron chi connectivity index (χ2n) is 4.98. The summed E-state index contributed by atoms with van der Waals surface area (Å²) in [4.78, 5) is 11.4. The molecule has 0 saturated heterocycles. The van der Waals surface area contributed by atoms with E-state index < -0.39 is 0 Å². The van der Waals surface area contributed by atoms with Gasteiger partial charge in [-0.2, -0.15) is 0 Å². The van der Waals surface area contributed by atoms with Crippen molar-refractivity contribution in [2.75, 3.05) is 12.4 Å². The molecule has 0 aliphatic rings. The van der Waals surface area contributed by atoms with Crippen molar-refractivity contribution in [3.05, 3.63) is 58.7 Å². The van der Waals surface area contributed by atoms with Crippen molar-refractivity contribution in [2.24, 2.45) is 5.73 Å². The van der Waals surface area contributed by atoms with Gasteiger partial charge in [-0.1, -0.05) is 41.5 Å². The minimum absolute atomic E-state index is 0.212. The molecule has 118 valence electrons. The molecule has 3 N–H and O–H groups in total. The fraction of sp³-hybridized carbons (Fsp3) is 0.278. The van der Waals surface area contributed by atoms with Crippen molar-refractivity contribution in [1.82, 2.24) is 0 Å². The van der Waals surface area contributed by atoms with Crippen molar-refractivity contribution >= 4 is 28.8 Å². The van der Waals surface area contributed by atoms with E-state index in [-0.39, 0.29) is 12.3 Å². The van der Waals surface area contributed by atoms with E-state index >= 15 is 0 Å². The van der Waals surface area contributed by atoms with E-state index in [9.17, 15) is 4.79 Å². The smallest absolute Gasteiger partial charge is 0.221 e. The predicted molar refractivity (Wildman–Crippen MR) is 95.9 cm³/mol. The molecule has 0 fully saturated rings. The first-order valence-electron chi connectivity index (χ1n) is 7.22. The Kier molecular flexibility index (Phi) is 7.47. The van der Waals surface area contributed by atoms with Gasteiger partial charge in [-0.05, 0) is 44.1 Å². The highest BCUT2D eigenvalue weighted by Crippen LogP contribution is 2.27. The van der Waals surface area contributed by atoms with E-state index in [1.807, 2.05) is 57.3 Å². The molecule has 0 atom stereocenters. The Morgan fingerprint density at radius 1 is 1.41 bits per heavy atom. The SMILES string of the molecule is C/C=C(Cl)\C=C/C/C=C(/CC(N)=O)c1cc(C)ccc1NC. The topological polar surface area (TPSA) is 55.1 Å². The monoisotopic (exact) mass is 318 g/mol. The summed E-state index contributed by atoms with van der Waals surface area (Å²) >= 11 is 5.92. The van der Waals surface area contributed by atoms with Gasteiger partial charge in [0.05, 0.1) is 6.42 Å². The summed E-state index contributed by atoms with van der Waals surface area (Å²) in [5, 5.41) is 3.84. The number of anilines is 1. The van der Waals surface area contributed by atoms with Crippen LogP contribution in [0.2, 0.25) is 0 Å². The zero-order chi connectivity index (χ0) is 16.5. The van der Waals surface area contributed by atoms with E-state index in [0.29, 0.717) is 11.5 Å². The molecule has 0 saturated carbocycles. The summed E-state index contributed by atoms with van der Waals surface area (Å²) in [5.74, 6) is -0.342. The third kappa shape index (κ3) is 5.78. The molecule has 1 aromatic carbocycles. The molecule has 0 spiro atoms. The van der Waals surface area contributed by atoms with Gasteiger partial charge in [0.1, 0.15) is 0 Å². The number of hydrogen-bond donors (Lipinski definition) is 2. The van der Waals surface area contributed by atoms with Crippen LogP contribution in [0.4, 0.5) is 5.69 Å². The Bertz CT molecular complexity index is 616. The number of benzene rings is 1. The minimum atomic E-state index is -0.342. The van der Waals surface area contributed by atoms with Gasteiger partial charge in [0.15, 0.2) is 0 Å². The van der Waals surface area contributed by atoms with E-state index in [4.69, 9.17) is 17.3 Å². The van der Waals surface area contributed by atoms with E-state index in [2.05, 4.69) is 11.4 Å². The van der Waals surface area contributed by atoms with Gasteiger partial charge in [-0.15, -0.1) is 0 Å². The lowest BCUT2D eigenvalue weighted by molar-refractivity contribution is -0.117. The van der Waals surface area contributed by atoms with Gasteiger partial charge >= 0.3 is 0 Å². The summed E-state index contributed by atoms with van der Waals surface area (Å²) < 4.78 is 0. The first-order valence-corrected chi connectivity index (χ1v) is 7.60.